The van der Waals surface area contributed by atoms with Gasteiger partial charge in [-0.3, -0.25) is 9.59 Å². The Morgan fingerprint density at radius 3 is 2.50 bits per heavy atom. The molecule has 0 radical (unpaired) electrons. The number of benzene rings is 2. The van der Waals surface area contributed by atoms with Crippen LogP contribution in [-0.2, 0) is 9.59 Å². The Balaban J connectivity index is 1.34. The van der Waals surface area contributed by atoms with Gasteiger partial charge < -0.3 is 19.7 Å². The zero-order valence-electron chi connectivity index (χ0n) is 16.1. The second-order valence-electron chi connectivity index (χ2n) is 6.91. The molecule has 9 heteroatoms. The molecule has 0 saturated carbocycles. The van der Waals surface area contributed by atoms with Crippen molar-refractivity contribution in [1.29, 1.82) is 0 Å². The Morgan fingerprint density at radius 1 is 1.07 bits per heavy atom. The molecule has 1 atom stereocenters. The van der Waals surface area contributed by atoms with E-state index in [1.54, 1.807) is 29.2 Å². The third kappa shape index (κ3) is 6.50. The molecule has 3 rings (SSSR count). The van der Waals surface area contributed by atoms with Crippen molar-refractivity contribution in [2.75, 3.05) is 32.8 Å². The van der Waals surface area contributed by atoms with Gasteiger partial charge in [-0.05, 0) is 48.7 Å². The van der Waals surface area contributed by atoms with Crippen LogP contribution >= 0.6 is 23.2 Å². The highest BCUT2D eigenvalue weighted by Crippen LogP contribution is 2.20. The van der Waals surface area contributed by atoms with Crippen LogP contribution in [0, 0.1) is 11.7 Å². The molecule has 2 aromatic carbocycles. The quantitative estimate of drug-likeness (QED) is 0.661. The highest BCUT2D eigenvalue weighted by Gasteiger charge is 2.26. The van der Waals surface area contributed by atoms with Gasteiger partial charge in [-0.25, -0.2) is 4.39 Å². The normalized spacial score (nSPS) is 15.7. The number of likely N-dealkylation sites (tertiary alicyclic amines) is 1. The number of carbonyl (C=O) groups excluding carboxylic acids is 2. The summed E-state index contributed by atoms with van der Waals surface area (Å²) in [6.07, 6.45) is 0.788. The minimum absolute atomic E-state index is 0.00861. The SMILES string of the molecule is O=C(COc1ccc(Cl)c(F)c1)NCC1CCN(C(=O)COc2ccc(Cl)cc2)C1. The summed E-state index contributed by atoms with van der Waals surface area (Å²) in [6.45, 7) is 1.31. The second kappa shape index (κ2) is 10.5. The summed E-state index contributed by atoms with van der Waals surface area (Å²) in [5.41, 5.74) is 0. The van der Waals surface area contributed by atoms with Crippen molar-refractivity contribution in [1.82, 2.24) is 10.2 Å². The molecule has 1 saturated heterocycles. The number of hydrogen-bond acceptors (Lipinski definition) is 4. The molecule has 1 unspecified atom stereocenters. The number of rotatable bonds is 8. The lowest BCUT2D eigenvalue weighted by atomic mass is 10.1. The minimum atomic E-state index is -0.606. The average Bonchev–Trinajstić information content (AvgIpc) is 3.21. The van der Waals surface area contributed by atoms with Crippen LogP contribution in [-0.4, -0.2) is 49.6 Å². The molecular weight excluding hydrogens is 434 g/mol. The van der Waals surface area contributed by atoms with E-state index in [9.17, 15) is 14.0 Å². The first-order chi connectivity index (χ1) is 14.4. The van der Waals surface area contributed by atoms with E-state index < -0.39 is 5.82 Å². The van der Waals surface area contributed by atoms with Gasteiger partial charge in [-0.1, -0.05) is 23.2 Å². The molecule has 1 heterocycles. The molecular formula is C21H21Cl2FN2O4. The van der Waals surface area contributed by atoms with Crippen LogP contribution in [0.15, 0.2) is 42.5 Å². The zero-order valence-corrected chi connectivity index (χ0v) is 17.6. The number of hydrogen-bond donors (Lipinski definition) is 1. The predicted molar refractivity (Wildman–Crippen MR) is 112 cm³/mol. The number of ether oxygens (including phenoxy) is 2. The Bertz CT molecular complexity index is 895. The van der Waals surface area contributed by atoms with E-state index in [2.05, 4.69) is 5.32 Å². The summed E-state index contributed by atoms with van der Waals surface area (Å²) in [6, 6.07) is 10.8. The number of amides is 2. The maximum Gasteiger partial charge on any atom is 0.260 e. The third-order valence-corrected chi connectivity index (χ3v) is 5.22. The van der Waals surface area contributed by atoms with Crippen molar-refractivity contribution in [3.8, 4) is 11.5 Å². The maximum absolute atomic E-state index is 13.4. The van der Waals surface area contributed by atoms with Gasteiger partial charge >= 0.3 is 0 Å². The van der Waals surface area contributed by atoms with Gasteiger partial charge in [0.2, 0.25) is 0 Å². The first-order valence-electron chi connectivity index (χ1n) is 9.41. The average molecular weight is 455 g/mol. The molecule has 2 aromatic rings. The van der Waals surface area contributed by atoms with E-state index in [1.807, 2.05) is 0 Å². The first-order valence-corrected chi connectivity index (χ1v) is 10.2. The van der Waals surface area contributed by atoms with E-state index in [0.29, 0.717) is 30.4 Å². The third-order valence-electron chi connectivity index (χ3n) is 4.66. The van der Waals surface area contributed by atoms with Gasteiger partial charge in [0.15, 0.2) is 13.2 Å². The smallest absolute Gasteiger partial charge is 0.260 e. The molecule has 1 aliphatic rings. The van der Waals surface area contributed by atoms with Crippen molar-refractivity contribution in [2.24, 2.45) is 5.92 Å². The number of halogens is 3. The Kier molecular flexibility index (Phi) is 7.76. The fourth-order valence-electron chi connectivity index (χ4n) is 3.02. The van der Waals surface area contributed by atoms with Gasteiger partial charge in [0, 0.05) is 30.7 Å². The van der Waals surface area contributed by atoms with Gasteiger partial charge in [0.1, 0.15) is 17.3 Å². The summed E-state index contributed by atoms with van der Waals surface area (Å²) in [7, 11) is 0. The van der Waals surface area contributed by atoms with Crippen LogP contribution in [0.25, 0.3) is 0 Å². The lowest BCUT2D eigenvalue weighted by molar-refractivity contribution is -0.132. The van der Waals surface area contributed by atoms with Crippen molar-refractivity contribution in [3.05, 3.63) is 58.3 Å². The highest BCUT2D eigenvalue weighted by molar-refractivity contribution is 6.30. The minimum Gasteiger partial charge on any atom is -0.484 e. The molecule has 1 aliphatic heterocycles. The van der Waals surface area contributed by atoms with Crippen molar-refractivity contribution in [2.45, 2.75) is 6.42 Å². The summed E-state index contributed by atoms with van der Waals surface area (Å²) in [4.78, 5) is 26.0. The van der Waals surface area contributed by atoms with Crippen LogP contribution in [0.3, 0.4) is 0 Å². The van der Waals surface area contributed by atoms with Crippen LogP contribution < -0.4 is 14.8 Å². The van der Waals surface area contributed by atoms with Crippen molar-refractivity contribution >= 4 is 35.0 Å². The van der Waals surface area contributed by atoms with Gasteiger partial charge in [0.05, 0.1) is 5.02 Å². The van der Waals surface area contributed by atoms with E-state index in [1.165, 1.54) is 12.1 Å². The molecule has 6 nitrogen and oxygen atoms in total. The first kappa shape index (κ1) is 22.2. The highest BCUT2D eigenvalue weighted by atomic mass is 35.5. The second-order valence-corrected chi connectivity index (χ2v) is 7.75. The lowest BCUT2D eigenvalue weighted by Crippen LogP contribution is -2.36. The van der Waals surface area contributed by atoms with E-state index in [0.717, 1.165) is 12.5 Å². The Hall–Kier alpha value is -2.51. The lowest BCUT2D eigenvalue weighted by Gasteiger charge is -2.17. The molecule has 0 bridgehead atoms. The topological polar surface area (TPSA) is 67.9 Å². The van der Waals surface area contributed by atoms with Crippen LogP contribution in [0.5, 0.6) is 11.5 Å². The van der Waals surface area contributed by atoms with Gasteiger partial charge in [-0.15, -0.1) is 0 Å². The summed E-state index contributed by atoms with van der Waals surface area (Å²) >= 11 is 11.4. The molecule has 0 spiro atoms. The number of carbonyl (C=O) groups is 2. The van der Waals surface area contributed by atoms with Crippen LogP contribution in [0.4, 0.5) is 4.39 Å². The number of nitrogens with one attached hydrogen (secondary N) is 1. The predicted octanol–water partition coefficient (Wildman–Crippen LogP) is 3.56. The van der Waals surface area contributed by atoms with Gasteiger partial charge in [-0.2, -0.15) is 0 Å². The fraction of sp³-hybridized carbons (Fsp3) is 0.333. The molecule has 30 heavy (non-hydrogen) atoms. The maximum atomic E-state index is 13.4. The Morgan fingerprint density at radius 2 is 1.77 bits per heavy atom. The summed E-state index contributed by atoms with van der Waals surface area (Å²) in [5.74, 6) is -0.0680. The molecule has 2 amide bonds. The van der Waals surface area contributed by atoms with Crippen LogP contribution in [0.2, 0.25) is 10.0 Å². The summed E-state index contributed by atoms with van der Waals surface area (Å²) < 4.78 is 24.1. The molecule has 1 fully saturated rings. The molecule has 0 aliphatic carbocycles. The largest absolute Gasteiger partial charge is 0.484 e. The van der Waals surface area contributed by atoms with E-state index >= 15 is 0 Å². The van der Waals surface area contributed by atoms with E-state index in [4.69, 9.17) is 32.7 Å². The summed E-state index contributed by atoms with van der Waals surface area (Å²) in [5, 5.41) is 3.37. The number of nitrogens with zero attached hydrogens (tertiary/aromatic N) is 1. The molecule has 160 valence electrons. The van der Waals surface area contributed by atoms with Crippen molar-refractivity contribution < 1.29 is 23.5 Å². The van der Waals surface area contributed by atoms with E-state index in [-0.39, 0.29) is 41.7 Å². The monoisotopic (exact) mass is 454 g/mol. The standard InChI is InChI=1S/C21H21Cl2FN2O4/c22-15-1-3-16(4-2-15)30-13-21(28)26-8-7-14(11-26)10-25-20(27)12-29-17-5-6-18(23)19(24)9-17/h1-6,9,14H,7-8,10-13H2,(H,25,27). The molecule has 0 aromatic heterocycles. The zero-order chi connectivity index (χ0) is 21.5. The molecule has 1 N–H and O–H groups in total. The Labute approximate surface area is 183 Å². The van der Waals surface area contributed by atoms with Crippen LogP contribution in [0.1, 0.15) is 6.42 Å². The van der Waals surface area contributed by atoms with Gasteiger partial charge in [0.25, 0.3) is 11.8 Å². The van der Waals surface area contributed by atoms with Crippen molar-refractivity contribution in [3.63, 3.8) is 0 Å². The fourth-order valence-corrected chi connectivity index (χ4v) is 3.26.